The molecule has 0 saturated carbocycles. The average Bonchev–Trinajstić information content (AvgIpc) is 3.30. The summed E-state index contributed by atoms with van der Waals surface area (Å²) < 4.78 is 0. The number of nitrogens with zero attached hydrogens (tertiary/aromatic N) is 1. The van der Waals surface area contributed by atoms with Crippen molar-refractivity contribution in [3.63, 3.8) is 0 Å². The molecule has 0 unspecified atom stereocenters. The lowest BCUT2D eigenvalue weighted by Crippen LogP contribution is -2.36. The van der Waals surface area contributed by atoms with E-state index in [0.29, 0.717) is 0 Å². The zero-order chi connectivity index (χ0) is 27.1. The van der Waals surface area contributed by atoms with E-state index < -0.39 is 5.41 Å². The van der Waals surface area contributed by atoms with E-state index in [1.54, 1.807) is 0 Å². The number of para-hydroxylation sites is 1. The Hall–Kier alpha value is -4.85. The highest BCUT2D eigenvalue weighted by Crippen LogP contribution is 2.64. The molecule has 192 valence electrons. The van der Waals surface area contributed by atoms with Gasteiger partial charge in [0, 0.05) is 10.7 Å². The number of hydrogen-bond acceptors (Lipinski definition) is 1. The Bertz CT molecular complexity index is 2090. The van der Waals surface area contributed by atoms with Crippen molar-refractivity contribution in [1.82, 2.24) is 0 Å². The number of rotatable bonds is 1. The maximum absolute atomic E-state index is 6.67. The fourth-order valence-corrected chi connectivity index (χ4v) is 7.57. The van der Waals surface area contributed by atoms with E-state index in [1.165, 1.54) is 66.3 Å². The minimum absolute atomic E-state index is 0.499. The van der Waals surface area contributed by atoms with E-state index in [1.807, 2.05) is 0 Å². The molecule has 0 bridgehead atoms. The summed E-state index contributed by atoms with van der Waals surface area (Å²) in [5.74, 6) is 0. The molecule has 1 aliphatic carbocycles. The Kier molecular flexibility index (Phi) is 4.66. The number of hydrogen-bond donors (Lipinski definition) is 0. The summed E-state index contributed by atoms with van der Waals surface area (Å²) in [5.41, 5.74) is 10.7. The van der Waals surface area contributed by atoms with Crippen molar-refractivity contribution >= 4 is 50.2 Å². The van der Waals surface area contributed by atoms with Gasteiger partial charge in [0.25, 0.3) is 0 Å². The van der Waals surface area contributed by atoms with Gasteiger partial charge in [-0.3, -0.25) is 0 Å². The third kappa shape index (κ3) is 3.02. The first-order valence-corrected chi connectivity index (χ1v) is 14.4. The number of anilines is 3. The molecule has 0 saturated heterocycles. The Labute approximate surface area is 243 Å². The van der Waals surface area contributed by atoms with Gasteiger partial charge in [-0.25, -0.2) is 0 Å². The summed E-state index contributed by atoms with van der Waals surface area (Å²) in [5, 5.41) is 5.70. The molecule has 2 heteroatoms. The van der Waals surface area contributed by atoms with E-state index in [9.17, 15) is 0 Å². The normalized spacial score (nSPS) is 14.1. The topological polar surface area (TPSA) is 3.24 Å². The maximum Gasteiger partial charge on any atom is 0.0754 e. The van der Waals surface area contributed by atoms with Crippen molar-refractivity contribution in [1.29, 1.82) is 0 Å². The molecule has 9 rings (SSSR count). The number of halogens is 1. The third-order valence-corrected chi connectivity index (χ3v) is 9.27. The molecule has 0 N–H and O–H groups in total. The van der Waals surface area contributed by atoms with Crippen molar-refractivity contribution in [3.8, 4) is 11.1 Å². The standard InChI is InChI=1S/C39H24ClN/c40-29-18-19-34-32(24-29)31-16-8-9-17-33(31)39(34)35-20-25-10-4-6-12-27(25)22-37(35)41(30-14-2-1-3-15-30)38-23-28-13-7-5-11-26(28)21-36(38)39/h1-24H. The predicted molar refractivity (Wildman–Crippen MR) is 172 cm³/mol. The zero-order valence-electron chi connectivity index (χ0n) is 22.2. The molecule has 41 heavy (non-hydrogen) atoms. The van der Waals surface area contributed by atoms with Crippen LogP contribution in [0.4, 0.5) is 17.1 Å². The lowest BCUT2D eigenvalue weighted by atomic mass is 9.64. The molecule has 1 heterocycles. The van der Waals surface area contributed by atoms with Gasteiger partial charge >= 0.3 is 0 Å². The van der Waals surface area contributed by atoms with Gasteiger partial charge in [0.2, 0.25) is 0 Å². The summed E-state index contributed by atoms with van der Waals surface area (Å²) in [7, 11) is 0. The molecule has 7 aromatic rings. The summed E-state index contributed by atoms with van der Waals surface area (Å²) in [6.07, 6.45) is 0. The van der Waals surface area contributed by atoms with Gasteiger partial charge in [-0.05, 0) is 103 Å². The maximum atomic E-state index is 6.67. The van der Waals surface area contributed by atoms with Crippen molar-refractivity contribution in [2.45, 2.75) is 5.41 Å². The van der Waals surface area contributed by atoms with Crippen LogP contribution in [0.5, 0.6) is 0 Å². The van der Waals surface area contributed by atoms with Gasteiger partial charge in [0.05, 0.1) is 16.8 Å². The Morgan fingerprint density at radius 3 is 1.56 bits per heavy atom. The van der Waals surface area contributed by atoms with Crippen LogP contribution in [0.2, 0.25) is 5.02 Å². The van der Waals surface area contributed by atoms with Crippen LogP contribution in [0.15, 0.2) is 146 Å². The van der Waals surface area contributed by atoms with E-state index in [2.05, 4.69) is 150 Å². The van der Waals surface area contributed by atoms with Gasteiger partial charge in [-0.2, -0.15) is 0 Å². The second-order valence-electron chi connectivity index (χ2n) is 11.1. The van der Waals surface area contributed by atoms with Gasteiger partial charge in [0.15, 0.2) is 0 Å². The first kappa shape index (κ1) is 22.9. The minimum Gasteiger partial charge on any atom is -0.310 e. The first-order chi connectivity index (χ1) is 20.2. The number of fused-ring (bicyclic) bond motifs is 11. The fraction of sp³-hybridized carbons (Fsp3) is 0.0256. The van der Waals surface area contributed by atoms with Crippen LogP contribution in [-0.2, 0) is 5.41 Å². The Balaban J connectivity index is 1.53. The van der Waals surface area contributed by atoms with Gasteiger partial charge in [-0.1, -0.05) is 109 Å². The summed E-state index contributed by atoms with van der Waals surface area (Å²) in [4.78, 5) is 2.46. The largest absolute Gasteiger partial charge is 0.310 e. The lowest BCUT2D eigenvalue weighted by Gasteiger charge is -2.45. The first-order valence-electron chi connectivity index (χ1n) is 14.0. The monoisotopic (exact) mass is 541 g/mol. The second kappa shape index (κ2) is 8.33. The van der Waals surface area contributed by atoms with Crippen molar-refractivity contribution in [3.05, 3.63) is 173 Å². The zero-order valence-corrected chi connectivity index (χ0v) is 22.9. The van der Waals surface area contributed by atoms with E-state index in [0.717, 1.165) is 10.7 Å². The predicted octanol–water partition coefficient (Wildman–Crippen LogP) is 10.8. The molecule has 2 aliphatic rings. The Morgan fingerprint density at radius 1 is 0.415 bits per heavy atom. The van der Waals surface area contributed by atoms with Crippen LogP contribution in [-0.4, -0.2) is 0 Å². The highest BCUT2D eigenvalue weighted by Gasteiger charge is 2.52. The summed E-state index contributed by atoms with van der Waals surface area (Å²) >= 11 is 6.67. The van der Waals surface area contributed by atoms with E-state index in [-0.39, 0.29) is 0 Å². The van der Waals surface area contributed by atoms with Crippen molar-refractivity contribution < 1.29 is 0 Å². The number of benzene rings is 7. The molecule has 0 aromatic heterocycles. The van der Waals surface area contributed by atoms with Gasteiger partial charge < -0.3 is 4.90 Å². The lowest BCUT2D eigenvalue weighted by molar-refractivity contribution is 0.756. The van der Waals surface area contributed by atoms with Crippen LogP contribution in [0.1, 0.15) is 22.3 Å². The highest BCUT2D eigenvalue weighted by molar-refractivity contribution is 6.31. The quantitative estimate of drug-likeness (QED) is 0.200. The molecule has 0 atom stereocenters. The van der Waals surface area contributed by atoms with Crippen LogP contribution < -0.4 is 4.90 Å². The van der Waals surface area contributed by atoms with Crippen LogP contribution >= 0.6 is 11.6 Å². The summed E-state index contributed by atoms with van der Waals surface area (Å²) in [6.45, 7) is 0. The molecule has 7 aromatic carbocycles. The van der Waals surface area contributed by atoms with Crippen molar-refractivity contribution in [2.75, 3.05) is 4.90 Å². The molecule has 1 aliphatic heterocycles. The molecular formula is C39H24ClN. The second-order valence-corrected chi connectivity index (χ2v) is 11.5. The SMILES string of the molecule is Clc1ccc2c(c1)-c1ccccc1C21c2cc3ccccc3cc2N(c2ccccc2)c2cc3ccccc3cc21. The molecule has 1 spiro atoms. The van der Waals surface area contributed by atoms with Crippen LogP contribution in [0.3, 0.4) is 0 Å². The minimum atomic E-state index is -0.499. The summed E-state index contributed by atoms with van der Waals surface area (Å²) in [6, 6.07) is 53.2. The molecule has 0 amide bonds. The molecule has 1 nitrogen and oxygen atoms in total. The average molecular weight is 542 g/mol. The highest BCUT2D eigenvalue weighted by atomic mass is 35.5. The molecular weight excluding hydrogens is 518 g/mol. The molecule has 0 radical (unpaired) electrons. The van der Waals surface area contributed by atoms with E-state index in [4.69, 9.17) is 11.6 Å². The Morgan fingerprint density at radius 2 is 0.927 bits per heavy atom. The fourth-order valence-electron chi connectivity index (χ4n) is 7.39. The van der Waals surface area contributed by atoms with Crippen molar-refractivity contribution in [2.24, 2.45) is 0 Å². The van der Waals surface area contributed by atoms with Crippen LogP contribution in [0.25, 0.3) is 32.7 Å². The molecule has 0 fully saturated rings. The van der Waals surface area contributed by atoms with Crippen LogP contribution in [0, 0.1) is 0 Å². The van der Waals surface area contributed by atoms with Gasteiger partial charge in [-0.15, -0.1) is 0 Å². The van der Waals surface area contributed by atoms with E-state index >= 15 is 0 Å². The van der Waals surface area contributed by atoms with Gasteiger partial charge in [0.1, 0.15) is 0 Å². The third-order valence-electron chi connectivity index (χ3n) is 9.04. The smallest absolute Gasteiger partial charge is 0.0754 e.